The molecule has 0 fully saturated rings. The topological polar surface area (TPSA) is 70.6 Å². The van der Waals surface area contributed by atoms with E-state index in [-0.39, 0.29) is 23.4 Å². The Kier molecular flexibility index (Phi) is 6.64. The van der Waals surface area contributed by atoms with E-state index in [1.165, 1.54) is 0 Å². The summed E-state index contributed by atoms with van der Waals surface area (Å²) in [5.74, 6) is 0.320. The number of phenols is 1. The molecule has 0 aliphatic carbocycles. The second-order valence-electron chi connectivity index (χ2n) is 5.33. The molecule has 3 N–H and O–H groups in total. The molecule has 25 heavy (non-hydrogen) atoms. The highest BCUT2D eigenvalue weighted by Crippen LogP contribution is 2.30. The molecule has 2 aromatic rings. The van der Waals surface area contributed by atoms with Crippen molar-refractivity contribution in [2.75, 3.05) is 11.9 Å². The van der Waals surface area contributed by atoms with Crippen LogP contribution in [-0.4, -0.2) is 22.7 Å². The molecule has 0 saturated carbocycles. The van der Waals surface area contributed by atoms with Crippen LogP contribution in [0, 0.1) is 13.8 Å². The fourth-order valence-electron chi connectivity index (χ4n) is 1.99. The molecule has 0 unspecified atom stereocenters. The molecule has 1 amide bonds. The zero-order chi connectivity index (χ0) is 18.6. The van der Waals surface area contributed by atoms with Gasteiger partial charge in [0.15, 0.2) is 11.7 Å². The number of aryl methyl sites for hydroxylation is 2. The monoisotopic (exact) mass is 442 g/mol. The van der Waals surface area contributed by atoms with Crippen molar-refractivity contribution in [2.45, 2.75) is 13.8 Å². The largest absolute Gasteiger partial charge is 0.506 e. The van der Waals surface area contributed by atoms with Crippen molar-refractivity contribution >= 4 is 56.5 Å². The summed E-state index contributed by atoms with van der Waals surface area (Å²) in [6.45, 7) is 3.43. The molecule has 0 radical (unpaired) electrons. The number of aromatic hydroxyl groups is 1. The SMILES string of the molecule is Cc1cc(OCC(=O)NC(=S)Nc2cc(C)c(O)c(Br)c2)ccc1Cl. The first-order valence-corrected chi connectivity index (χ1v) is 8.83. The third-order valence-corrected chi connectivity index (χ3v) is 4.50. The van der Waals surface area contributed by atoms with Gasteiger partial charge in [-0.15, -0.1) is 0 Å². The summed E-state index contributed by atoms with van der Waals surface area (Å²) in [7, 11) is 0. The second kappa shape index (κ2) is 8.51. The minimum Gasteiger partial charge on any atom is -0.506 e. The lowest BCUT2D eigenvalue weighted by Crippen LogP contribution is -2.37. The maximum absolute atomic E-state index is 11.9. The molecule has 8 heteroatoms. The van der Waals surface area contributed by atoms with Crippen molar-refractivity contribution < 1.29 is 14.6 Å². The van der Waals surface area contributed by atoms with E-state index >= 15 is 0 Å². The van der Waals surface area contributed by atoms with E-state index in [0.717, 1.165) is 5.56 Å². The third kappa shape index (κ3) is 5.59. The summed E-state index contributed by atoms with van der Waals surface area (Å²) >= 11 is 14.3. The van der Waals surface area contributed by atoms with Crippen LogP contribution in [0.3, 0.4) is 0 Å². The summed E-state index contributed by atoms with van der Waals surface area (Å²) in [6, 6.07) is 8.53. The number of ether oxygens (including phenoxy) is 1. The smallest absolute Gasteiger partial charge is 0.264 e. The van der Waals surface area contributed by atoms with Crippen molar-refractivity contribution in [3.05, 3.63) is 51.0 Å². The minimum atomic E-state index is -0.389. The number of carbonyl (C=O) groups is 1. The van der Waals surface area contributed by atoms with E-state index in [4.69, 9.17) is 28.6 Å². The third-order valence-electron chi connectivity index (χ3n) is 3.26. The number of hydrogen-bond acceptors (Lipinski definition) is 4. The zero-order valence-corrected chi connectivity index (χ0v) is 16.7. The first-order valence-electron chi connectivity index (χ1n) is 7.25. The maximum atomic E-state index is 11.9. The summed E-state index contributed by atoms with van der Waals surface area (Å²) in [6.07, 6.45) is 0. The van der Waals surface area contributed by atoms with Gasteiger partial charge in [0, 0.05) is 10.7 Å². The molecule has 0 atom stereocenters. The molecular weight excluding hydrogens is 428 g/mol. The van der Waals surface area contributed by atoms with Gasteiger partial charge in [-0.2, -0.15) is 0 Å². The van der Waals surface area contributed by atoms with Gasteiger partial charge in [-0.3, -0.25) is 10.1 Å². The Morgan fingerprint density at radius 2 is 2.00 bits per heavy atom. The zero-order valence-electron chi connectivity index (χ0n) is 13.5. The van der Waals surface area contributed by atoms with Crippen LogP contribution in [0.4, 0.5) is 5.69 Å². The number of hydrogen-bond donors (Lipinski definition) is 3. The maximum Gasteiger partial charge on any atom is 0.264 e. The Hall–Kier alpha value is -1.83. The molecule has 132 valence electrons. The first kappa shape index (κ1) is 19.5. The fourth-order valence-corrected chi connectivity index (χ4v) is 2.90. The second-order valence-corrected chi connectivity index (χ2v) is 7.00. The summed E-state index contributed by atoms with van der Waals surface area (Å²) in [5, 5.41) is 15.9. The molecule has 2 aromatic carbocycles. The number of nitrogens with one attached hydrogen (secondary N) is 2. The van der Waals surface area contributed by atoms with Crippen molar-refractivity contribution in [1.82, 2.24) is 5.32 Å². The molecular formula is C17H16BrClN2O3S. The average molecular weight is 444 g/mol. The molecule has 0 aliphatic rings. The number of halogens is 2. The van der Waals surface area contributed by atoms with Crippen molar-refractivity contribution in [2.24, 2.45) is 0 Å². The van der Waals surface area contributed by atoms with Gasteiger partial charge in [-0.05, 0) is 83.5 Å². The Balaban J connectivity index is 1.87. The summed E-state index contributed by atoms with van der Waals surface area (Å²) in [5.41, 5.74) is 2.18. The molecule has 0 bridgehead atoms. The van der Waals surface area contributed by atoms with E-state index in [1.807, 2.05) is 6.92 Å². The first-order chi connectivity index (χ1) is 11.8. The van der Waals surface area contributed by atoms with Crippen LogP contribution in [0.25, 0.3) is 0 Å². The van der Waals surface area contributed by atoms with Gasteiger partial charge in [-0.1, -0.05) is 11.6 Å². The van der Waals surface area contributed by atoms with Gasteiger partial charge in [-0.25, -0.2) is 0 Å². The lowest BCUT2D eigenvalue weighted by molar-refractivity contribution is -0.121. The number of phenolic OH excluding ortho intramolecular Hbond substituents is 1. The van der Waals surface area contributed by atoms with Gasteiger partial charge < -0.3 is 15.2 Å². The number of thiocarbonyl (C=S) groups is 1. The van der Waals surface area contributed by atoms with Crippen LogP contribution in [-0.2, 0) is 4.79 Å². The van der Waals surface area contributed by atoms with E-state index in [1.54, 1.807) is 37.3 Å². The molecule has 2 rings (SSSR count). The summed E-state index contributed by atoms with van der Waals surface area (Å²) in [4.78, 5) is 11.9. The molecule has 5 nitrogen and oxygen atoms in total. The average Bonchev–Trinajstić information content (AvgIpc) is 2.53. The van der Waals surface area contributed by atoms with E-state index < -0.39 is 0 Å². The lowest BCUT2D eigenvalue weighted by atomic mass is 10.2. The minimum absolute atomic E-state index is 0.137. The molecule has 0 aliphatic heterocycles. The van der Waals surface area contributed by atoms with Crippen molar-refractivity contribution in [3.8, 4) is 11.5 Å². The van der Waals surface area contributed by atoms with Crippen LogP contribution in [0.5, 0.6) is 11.5 Å². The predicted octanol–water partition coefficient (Wildman–Crippen LogP) is 4.32. The molecule has 0 aromatic heterocycles. The highest BCUT2D eigenvalue weighted by molar-refractivity contribution is 9.10. The Morgan fingerprint density at radius 3 is 2.64 bits per heavy atom. The van der Waals surface area contributed by atoms with Crippen LogP contribution < -0.4 is 15.4 Å². The van der Waals surface area contributed by atoms with Crippen molar-refractivity contribution in [1.29, 1.82) is 0 Å². The van der Waals surface area contributed by atoms with Gasteiger partial charge in [0.05, 0.1) is 4.47 Å². The van der Waals surface area contributed by atoms with Crippen LogP contribution in [0.2, 0.25) is 5.02 Å². The van der Waals surface area contributed by atoms with Crippen molar-refractivity contribution in [3.63, 3.8) is 0 Å². The standard InChI is InChI=1S/C17H16BrClN2O3S/c1-9-6-12(3-4-14(9)19)24-8-15(22)21-17(25)20-11-5-10(2)16(23)13(18)7-11/h3-7,23H,8H2,1-2H3,(H2,20,21,22,25). The number of carbonyl (C=O) groups excluding carboxylic acids is 1. The van der Waals surface area contributed by atoms with Crippen LogP contribution >= 0.6 is 39.7 Å². The summed E-state index contributed by atoms with van der Waals surface area (Å²) < 4.78 is 5.94. The number of anilines is 1. The number of rotatable bonds is 4. The van der Waals surface area contributed by atoms with E-state index in [9.17, 15) is 9.90 Å². The highest BCUT2D eigenvalue weighted by atomic mass is 79.9. The molecule has 0 saturated heterocycles. The van der Waals surface area contributed by atoms with E-state index in [2.05, 4.69) is 26.6 Å². The van der Waals surface area contributed by atoms with Gasteiger partial charge in [0.25, 0.3) is 5.91 Å². The Morgan fingerprint density at radius 1 is 1.28 bits per heavy atom. The highest BCUT2D eigenvalue weighted by Gasteiger charge is 2.09. The normalized spacial score (nSPS) is 10.2. The van der Waals surface area contributed by atoms with E-state index in [0.29, 0.717) is 26.5 Å². The lowest BCUT2D eigenvalue weighted by Gasteiger charge is -2.12. The van der Waals surface area contributed by atoms with Crippen LogP contribution in [0.1, 0.15) is 11.1 Å². The number of benzene rings is 2. The number of amides is 1. The fraction of sp³-hybridized carbons (Fsp3) is 0.176. The quantitative estimate of drug-likeness (QED) is 0.485. The van der Waals surface area contributed by atoms with Gasteiger partial charge in [0.2, 0.25) is 0 Å². The van der Waals surface area contributed by atoms with Crippen LogP contribution in [0.15, 0.2) is 34.8 Å². The van der Waals surface area contributed by atoms with Gasteiger partial charge in [0.1, 0.15) is 11.5 Å². The Bertz CT molecular complexity index is 807. The molecule has 0 heterocycles. The predicted molar refractivity (Wildman–Crippen MR) is 107 cm³/mol. The Labute approximate surface area is 164 Å². The van der Waals surface area contributed by atoms with Gasteiger partial charge >= 0.3 is 0 Å². The molecule has 0 spiro atoms.